The molecule has 0 saturated carbocycles. The monoisotopic (exact) mass is 430 g/mol. The standard InChI is InChI=1S/C27H34N4O/c1-3-9-22(10-4-2)26-27(29-19-24(30-26)21-15-17-23(28)18-16-21)31-25(32)14-8-13-20-11-6-5-7-12-20/h5-7,11-12,15-19,22H,3-4,8-10,13-14,28H2,1-2H3,(H,29,31,32). The van der Waals surface area contributed by atoms with Crippen molar-refractivity contribution in [3.63, 3.8) is 0 Å². The number of aromatic nitrogens is 2. The summed E-state index contributed by atoms with van der Waals surface area (Å²) >= 11 is 0. The van der Waals surface area contributed by atoms with Crippen molar-refractivity contribution in [2.24, 2.45) is 0 Å². The van der Waals surface area contributed by atoms with E-state index in [2.05, 4.69) is 36.3 Å². The van der Waals surface area contributed by atoms with Crippen LogP contribution in [0, 0.1) is 0 Å². The largest absolute Gasteiger partial charge is 0.399 e. The Morgan fingerprint density at radius 1 is 1.00 bits per heavy atom. The minimum Gasteiger partial charge on any atom is -0.399 e. The summed E-state index contributed by atoms with van der Waals surface area (Å²) in [7, 11) is 0. The highest BCUT2D eigenvalue weighted by molar-refractivity contribution is 5.90. The van der Waals surface area contributed by atoms with Crippen LogP contribution in [-0.2, 0) is 11.2 Å². The molecule has 0 saturated heterocycles. The topological polar surface area (TPSA) is 80.9 Å². The first-order valence-corrected chi connectivity index (χ1v) is 11.7. The zero-order valence-electron chi connectivity index (χ0n) is 19.2. The van der Waals surface area contributed by atoms with Crippen LogP contribution in [0.25, 0.3) is 11.3 Å². The van der Waals surface area contributed by atoms with E-state index in [1.807, 2.05) is 42.5 Å². The van der Waals surface area contributed by atoms with E-state index >= 15 is 0 Å². The number of amides is 1. The van der Waals surface area contributed by atoms with Crippen LogP contribution in [0.4, 0.5) is 11.5 Å². The minimum atomic E-state index is -0.0107. The molecule has 32 heavy (non-hydrogen) atoms. The van der Waals surface area contributed by atoms with Crippen LogP contribution < -0.4 is 11.1 Å². The molecule has 168 valence electrons. The van der Waals surface area contributed by atoms with Gasteiger partial charge in [0.2, 0.25) is 5.91 Å². The number of carbonyl (C=O) groups excluding carboxylic acids is 1. The fourth-order valence-electron chi connectivity index (χ4n) is 3.98. The fourth-order valence-corrected chi connectivity index (χ4v) is 3.98. The average Bonchev–Trinajstić information content (AvgIpc) is 2.80. The first-order chi connectivity index (χ1) is 15.6. The number of carbonyl (C=O) groups is 1. The van der Waals surface area contributed by atoms with Gasteiger partial charge in [-0.3, -0.25) is 4.79 Å². The number of nitrogen functional groups attached to an aromatic ring is 1. The molecule has 1 amide bonds. The summed E-state index contributed by atoms with van der Waals surface area (Å²) in [5.74, 6) is 0.857. The van der Waals surface area contributed by atoms with Crippen LogP contribution in [0.15, 0.2) is 60.8 Å². The van der Waals surface area contributed by atoms with Gasteiger partial charge in [0.25, 0.3) is 0 Å². The molecule has 0 atom stereocenters. The van der Waals surface area contributed by atoms with Crippen molar-refractivity contribution >= 4 is 17.4 Å². The molecule has 0 radical (unpaired) electrons. The minimum absolute atomic E-state index is 0.0107. The molecule has 0 unspecified atom stereocenters. The summed E-state index contributed by atoms with van der Waals surface area (Å²) in [5, 5.41) is 3.05. The summed E-state index contributed by atoms with van der Waals surface area (Å²) in [5.41, 5.74) is 10.5. The third kappa shape index (κ3) is 6.64. The number of hydrogen-bond acceptors (Lipinski definition) is 4. The van der Waals surface area contributed by atoms with Crippen molar-refractivity contribution in [3.05, 3.63) is 72.1 Å². The molecule has 0 spiro atoms. The Morgan fingerprint density at radius 2 is 1.69 bits per heavy atom. The molecule has 3 N–H and O–H groups in total. The lowest BCUT2D eigenvalue weighted by Crippen LogP contribution is -2.17. The Kier molecular flexibility index (Phi) is 8.79. The molecule has 1 aromatic heterocycles. The predicted molar refractivity (Wildman–Crippen MR) is 132 cm³/mol. The highest BCUT2D eigenvalue weighted by Gasteiger charge is 2.20. The number of aryl methyl sites for hydroxylation is 1. The van der Waals surface area contributed by atoms with Crippen LogP contribution >= 0.6 is 0 Å². The van der Waals surface area contributed by atoms with Gasteiger partial charge < -0.3 is 11.1 Å². The molecule has 1 heterocycles. The molecule has 3 rings (SSSR count). The maximum Gasteiger partial charge on any atom is 0.225 e. The zero-order valence-corrected chi connectivity index (χ0v) is 19.2. The highest BCUT2D eigenvalue weighted by atomic mass is 16.1. The maximum absolute atomic E-state index is 12.7. The van der Waals surface area contributed by atoms with Gasteiger partial charge in [0, 0.05) is 23.6 Å². The second-order valence-electron chi connectivity index (χ2n) is 8.27. The van der Waals surface area contributed by atoms with Crippen molar-refractivity contribution in [3.8, 4) is 11.3 Å². The van der Waals surface area contributed by atoms with Gasteiger partial charge in [-0.1, -0.05) is 69.2 Å². The fraction of sp³-hybridized carbons (Fsp3) is 0.370. The summed E-state index contributed by atoms with van der Waals surface area (Å²) < 4.78 is 0. The van der Waals surface area contributed by atoms with Crippen molar-refractivity contribution in [2.75, 3.05) is 11.1 Å². The molecule has 2 aromatic carbocycles. The van der Waals surface area contributed by atoms with Gasteiger partial charge in [0.15, 0.2) is 5.82 Å². The maximum atomic E-state index is 12.7. The zero-order chi connectivity index (χ0) is 22.8. The summed E-state index contributed by atoms with van der Waals surface area (Å²) in [6.45, 7) is 4.36. The molecule has 0 fully saturated rings. The third-order valence-corrected chi connectivity index (χ3v) is 5.64. The Morgan fingerprint density at radius 3 is 2.34 bits per heavy atom. The highest BCUT2D eigenvalue weighted by Crippen LogP contribution is 2.31. The van der Waals surface area contributed by atoms with Crippen molar-refractivity contribution in [1.82, 2.24) is 9.97 Å². The van der Waals surface area contributed by atoms with E-state index < -0.39 is 0 Å². The van der Waals surface area contributed by atoms with E-state index in [4.69, 9.17) is 10.7 Å². The predicted octanol–water partition coefficient (Wildman–Crippen LogP) is 6.37. The SMILES string of the molecule is CCCC(CCC)c1nc(-c2ccc(N)cc2)cnc1NC(=O)CCCc1ccccc1. The molecule has 0 aliphatic heterocycles. The molecule has 0 bridgehead atoms. The summed E-state index contributed by atoms with van der Waals surface area (Å²) in [6.07, 6.45) is 8.04. The van der Waals surface area contributed by atoms with E-state index in [9.17, 15) is 4.79 Å². The number of rotatable bonds is 11. The van der Waals surface area contributed by atoms with Gasteiger partial charge in [-0.05, 0) is 43.4 Å². The van der Waals surface area contributed by atoms with E-state index in [0.29, 0.717) is 12.2 Å². The summed E-state index contributed by atoms with van der Waals surface area (Å²) in [6, 6.07) is 17.9. The molecule has 0 aliphatic rings. The van der Waals surface area contributed by atoms with E-state index in [1.165, 1.54) is 5.56 Å². The number of nitrogens with one attached hydrogen (secondary N) is 1. The number of anilines is 2. The quantitative estimate of drug-likeness (QED) is 0.346. The molecule has 3 aromatic rings. The lowest BCUT2D eigenvalue weighted by Gasteiger charge is -2.19. The smallest absolute Gasteiger partial charge is 0.225 e. The number of nitrogens with two attached hydrogens (primary N) is 1. The Labute approximate surface area is 191 Å². The van der Waals surface area contributed by atoms with Crippen LogP contribution in [0.1, 0.15) is 69.5 Å². The van der Waals surface area contributed by atoms with E-state index in [0.717, 1.165) is 61.2 Å². The van der Waals surface area contributed by atoms with Crippen molar-refractivity contribution in [1.29, 1.82) is 0 Å². The van der Waals surface area contributed by atoms with Gasteiger partial charge in [0.1, 0.15) is 0 Å². The molecular weight excluding hydrogens is 396 g/mol. The van der Waals surface area contributed by atoms with Crippen LogP contribution in [0.5, 0.6) is 0 Å². The first kappa shape index (κ1) is 23.5. The normalized spacial score (nSPS) is 11.0. The third-order valence-electron chi connectivity index (χ3n) is 5.64. The van der Waals surface area contributed by atoms with Gasteiger partial charge in [-0.25, -0.2) is 9.97 Å². The Hall–Kier alpha value is -3.21. The van der Waals surface area contributed by atoms with Crippen LogP contribution in [0.3, 0.4) is 0 Å². The Balaban J connectivity index is 1.78. The number of nitrogens with zero attached hydrogens (tertiary/aromatic N) is 2. The van der Waals surface area contributed by atoms with Crippen LogP contribution in [-0.4, -0.2) is 15.9 Å². The molecular formula is C27H34N4O. The lowest BCUT2D eigenvalue weighted by molar-refractivity contribution is -0.116. The first-order valence-electron chi connectivity index (χ1n) is 11.7. The Bertz CT molecular complexity index is 980. The number of benzene rings is 2. The van der Waals surface area contributed by atoms with Gasteiger partial charge >= 0.3 is 0 Å². The second-order valence-corrected chi connectivity index (χ2v) is 8.27. The molecule has 5 nitrogen and oxygen atoms in total. The average molecular weight is 431 g/mol. The van der Waals surface area contributed by atoms with E-state index in [1.54, 1.807) is 6.20 Å². The lowest BCUT2D eigenvalue weighted by atomic mass is 9.94. The summed E-state index contributed by atoms with van der Waals surface area (Å²) in [4.78, 5) is 22.3. The van der Waals surface area contributed by atoms with Gasteiger partial charge in [0.05, 0.1) is 17.6 Å². The van der Waals surface area contributed by atoms with Gasteiger partial charge in [-0.2, -0.15) is 0 Å². The number of hydrogen-bond donors (Lipinski definition) is 2. The molecule has 5 heteroatoms. The van der Waals surface area contributed by atoms with Crippen molar-refractivity contribution < 1.29 is 4.79 Å². The second kappa shape index (κ2) is 12.0. The molecule has 0 aliphatic carbocycles. The van der Waals surface area contributed by atoms with E-state index in [-0.39, 0.29) is 11.8 Å². The van der Waals surface area contributed by atoms with Crippen LogP contribution in [0.2, 0.25) is 0 Å². The van der Waals surface area contributed by atoms with Crippen molar-refractivity contribution in [2.45, 2.75) is 64.7 Å². The van der Waals surface area contributed by atoms with Gasteiger partial charge in [-0.15, -0.1) is 0 Å².